The van der Waals surface area contributed by atoms with Gasteiger partial charge >= 0.3 is 0 Å². The van der Waals surface area contributed by atoms with Gasteiger partial charge in [-0.15, -0.1) is 5.10 Å². The van der Waals surface area contributed by atoms with Gasteiger partial charge in [0.25, 0.3) is 5.91 Å². The van der Waals surface area contributed by atoms with E-state index in [0.717, 1.165) is 0 Å². The molecule has 0 saturated heterocycles. The van der Waals surface area contributed by atoms with Crippen LogP contribution in [0, 0.1) is 5.82 Å². The van der Waals surface area contributed by atoms with E-state index in [1.165, 1.54) is 31.0 Å². The highest BCUT2D eigenvalue weighted by Crippen LogP contribution is 2.40. The number of nitrogens with one attached hydrogen (secondary N) is 1. The molecule has 1 amide bonds. The molecule has 2 aromatic heterocycles. The van der Waals surface area contributed by atoms with Gasteiger partial charge in [0.2, 0.25) is 0 Å². The number of amides is 1. The fourth-order valence-corrected chi connectivity index (χ4v) is 3.04. The monoisotopic (exact) mass is 411 g/mol. The molecule has 30 heavy (non-hydrogen) atoms. The molecular weight excluding hydrogens is 393 g/mol. The summed E-state index contributed by atoms with van der Waals surface area (Å²) >= 11 is 0. The first kappa shape index (κ1) is 19.4. The maximum absolute atomic E-state index is 13.4. The van der Waals surface area contributed by atoms with E-state index in [9.17, 15) is 9.18 Å². The maximum atomic E-state index is 13.4. The number of furan rings is 1. The zero-order valence-corrected chi connectivity index (χ0v) is 16.5. The Hall–Kier alpha value is -3.95. The summed E-state index contributed by atoms with van der Waals surface area (Å²) in [6.07, 6.45) is 0. The molecule has 0 aliphatic heterocycles. The Morgan fingerprint density at radius 1 is 1.23 bits per heavy atom. The number of nitrogens with zero attached hydrogens (tertiary/aromatic N) is 4. The number of ether oxygens (including phenoxy) is 2. The second kappa shape index (κ2) is 7.82. The number of aryl methyl sites for hydroxylation is 1. The van der Waals surface area contributed by atoms with Crippen LogP contribution < -0.4 is 14.8 Å². The molecule has 0 aliphatic rings. The van der Waals surface area contributed by atoms with E-state index < -0.39 is 0 Å². The highest BCUT2D eigenvalue weighted by atomic mass is 19.1. The standard InChI is InChI=1S/C20H18FN5O4/c1-22-20(27)18-13-8-15(28-3)16(29-10-17-23-24-25-26(17)2)9-14(13)30-19(18)11-4-6-12(21)7-5-11/h4-9H,10H2,1-3H3,(H,22,27). The highest BCUT2D eigenvalue weighted by molar-refractivity contribution is 6.11. The van der Waals surface area contributed by atoms with Crippen LogP contribution in [0.4, 0.5) is 4.39 Å². The third-order valence-corrected chi connectivity index (χ3v) is 4.60. The predicted octanol–water partition coefficient (Wildman–Crippen LogP) is 2.71. The summed E-state index contributed by atoms with van der Waals surface area (Å²) < 4.78 is 32.1. The Kier molecular flexibility index (Phi) is 5.05. The molecule has 0 radical (unpaired) electrons. The van der Waals surface area contributed by atoms with Gasteiger partial charge in [-0.1, -0.05) is 0 Å². The van der Waals surface area contributed by atoms with E-state index in [0.29, 0.717) is 45.2 Å². The van der Waals surface area contributed by atoms with Gasteiger partial charge in [-0.25, -0.2) is 9.07 Å². The molecule has 4 aromatic rings. The van der Waals surface area contributed by atoms with Crippen LogP contribution in [0.3, 0.4) is 0 Å². The SMILES string of the molecule is CNC(=O)c1c(-c2ccc(F)cc2)oc2cc(OCc3nnnn3C)c(OC)cc12. The normalized spacial score (nSPS) is 10.9. The third kappa shape index (κ3) is 3.43. The number of fused-ring (bicyclic) bond motifs is 1. The molecule has 10 heteroatoms. The van der Waals surface area contributed by atoms with Crippen LogP contribution in [0.25, 0.3) is 22.3 Å². The largest absolute Gasteiger partial charge is 0.493 e. The molecule has 4 rings (SSSR count). The van der Waals surface area contributed by atoms with E-state index in [2.05, 4.69) is 20.8 Å². The van der Waals surface area contributed by atoms with Crippen molar-refractivity contribution in [2.24, 2.45) is 7.05 Å². The van der Waals surface area contributed by atoms with Crippen molar-refractivity contribution in [2.75, 3.05) is 14.2 Å². The highest BCUT2D eigenvalue weighted by Gasteiger charge is 2.24. The average Bonchev–Trinajstić information content (AvgIpc) is 3.34. The lowest BCUT2D eigenvalue weighted by Crippen LogP contribution is -2.18. The minimum Gasteiger partial charge on any atom is -0.493 e. The summed E-state index contributed by atoms with van der Waals surface area (Å²) in [6, 6.07) is 9.02. The van der Waals surface area contributed by atoms with Crippen LogP contribution >= 0.6 is 0 Å². The number of halogens is 1. The van der Waals surface area contributed by atoms with E-state index in [1.54, 1.807) is 31.3 Å². The van der Waals surface area contributed by atoms with Crippen LogP contribution in [0.2, 0.25) is 0 Å². The number of rotatable bonds is 6. The maximum Gasteiger partial charge on any atom is 0.255 e. The van der Waals surface area contributed by atoms with E-state index in [-0.39, 0.29) is 18.3 Å². The second-order valence-corrected chi connectivity index (χ2v) is 6.40. The van der Waals surface area contributed by atoms with Crippen LogP contribution in [0.15, 0.2) is 40.8 Å². The van der Waals surface area contributed by atoms with E-state index in [1.807, 2.05) is 0 Å². The lowest BCUT2D eigenvalue weighted by atomic mass is 10.0. The number of benzene rings is 2. The summed E-state index contributed by atoms with van der Waals surface area (Å²) in [4.78, 5) is 12.6. The van der Waals surface area contributed by atoms with Gasteiger partial charge in [-0.3, -0.25) is 4.79 Å². The molecule has 0 fully saturated rings. The fraction of sp³-hybridized carbons (Fsp3) is 0.200. The summed E-state index contributed by atoms with van der Waals surface area (Å²) in [6.45, 7) is 0.110. The predicted molar refractivity (Wildman–Crippen MR) is 105 cm³/mol. The molecule has 0 spiro atoms. The number of hydrogen-bond acceptors (Lipinski definition) is 7. The average molecular weight is 411 g/mol. The molecule has 9 nitrogen and oxygen atoms in total. The van der Waals surface area contributed by atoms with Gasteiger partial charge in [0.05, 0.1) is 12.7 Å². The second-order valence-electron chi connectivity index (χ2n) is 6.40. The zero-order valence-electron chi connectivity index (χ0n) is 16.5. The summed E-state index contributed by atoms with van der Waals surface area (Å²) in [5.41, 5.74) is 1.30. The van der Waals surface area contributed by atoms with Crippen LogP contribution in [0.1, 0.15) is 16.2 Å². The van der Waals surface area contributed by atoms with Gasteiger partial charge in [0.15, 0.2) is 17.3 Å². The zero-order chi connectivity index (χ0) is 21.3. The van der Waals surface area contributed by atoms with Crippen LogP contribution in [-0.4, -0.2) is 40.3 Å². The summed E-state index contributed by atoms with van der Waals surface area (Å²) in [5.74, 6) is 0.932. The lowest BCUT2D eigenvalue weighted by molar-refractivity contribution is 0.0964. The van der Waals surface area contributed by atoms with Crippen LogP contribution in [0.5, 0.6) is 11.5 Å². The molecule has 0 aliphatic carbocycles. The first-order valence-corrected chi connectivity index (χ1v) is 8.98. The minimum absolute atomic E-state index is 0.110. The smallest absolute Gasteiger partial charge is 0.255 e. The molecular formula is C20H18FN5O4. The van der Waals surface area contributed by atoms with E-state index >= 15 is 0 Å². The van der Waals surface area contributed by atoms with Gasteiger partial charge < -0.3 is 19.2 Å². The van der Waals surface area contributed by atoms with Crippen molar-refractivity contribution in [3.8, 4) is 22.8 Å². The number of methoxy groups -OCH3 is 1. The Bertz CT molecular complexity index is 1220. The van der Waals surface area contributed by atoms with Crippen molar-refractivity contribution in [3.05, 3.63) is 53.6 Å². The minimum atomic E-state index is -0.382. The summed E-state index contributed by atoms with van der Waals surface area (Å²) in [7, 11) is 4.73. The molecule has 0 atom stereocenters. The Labute approximate surface area is 170 Å². The summed E-state index contributed by atoms with van der Waals surface area (Å²) in [5, 5.41) is 14.4. The Morgan fingerprint density at radius 2 is 2.00 bits per heavy atom. The van der Waals surface area contributed by atoms with Crippen molar-refractivity contribution in [1.29, 1.82) is 0 Å². The third-order valence-electron chi connectivity index (χ3n) is 4.60. The molecule has 0 saturated carbocycles. The Morgan fingerprint density at radius 3 is 2.63 bits per heavy atom. The van der Waals surface area contributed by atoms with Gasteiger partial charge in [0, 0.05) is 31.1 Å². The molecule has 0 bridgehead atoms. The van der Waals surface area contributed by atoms with Gasteiger partial charge in [-0.2, -0.15) is 0 Å². The van der Waals surface area contributed by atoms with Crippen molar-refractivity contribution in [2.45, 2.75) is 6.61 Å². The van der Waals surface area contributed by atoms with Crippen LogP contribution in [-0.2, 0) is 13.7 Å². The number of hydrogen-bond donors (Lipinski definition) is 1. The number of tetrazole rings is 1. The van der Waals surface area contributed by atoms with Crippen molar-refractivity contribution in [3.63, 3.8) is 0 Å². The molecule has 0 unspecified atom stereocenters. The van der Waals surface area contributed by atoms with Crippen molar-refractivity contribution < 1.29 is 23.1 Å². The van der Waals surface area contributed by atoms with Gasteiger partial charge in [-0.05, 0) is 40.8 Å². The number of carbonyl (C=O) groups is 1. The lowest BCUT2D eigenvalue weighted by Gasteiger charge is -2.10. The van der Waals surface area contributed by atoms with Gasteiger partial charge in [0.1, 0.15) is 23.8 Å². The van der Waals surface area contributed by atoms with E-state index in [4.69, 9.17) is 13.9 Å². The molecule has 154 valence electrons. The Balaban J connectivity index is 1.82. The fourth-order valence-electron chi connectivity index (χ4n) is 3.04. The van der Waals surface area contributed by atoms with Crippen molar-refractivity contribution in [1.82, 2.24) is 25.5 Å². The number of aromatic nitrogens is 4. The van der Waals surface area contributed by atoms with Crippen molar-refractivity contribution >= 4 is 16.9 Å². The quantitative estimate of drug-likeness (QED) is 0.520. The molecule has 2 aromatic carbocycles. The first-order valence-electron chi connectivity index (χ1n) is 8.98. The molecule has 2 heterocycles. The first-order chi connectivity index (χ1) is 14.5. The number of carbonyl (C=O) groups excluding carboxylic acids is 1. The topological polar surface area (TPSA) is 104 Å². The molecule has 1 N–H and O–H groups in total.